The van der Waals surface area contributed by atoms with Crippen LogP contribution in [0.4, 0.5) is 0 Å². The van der Waals surface area contributed by atoms with E-state index in [1.54, 1.807) is 23.0 Å². The van der Waals surface area contributed by atoms with E-state index in [0.29, 0.717) is 75.1 Å². The summed E-state index contributed by atoms with van der Waals surface area (Å²) in [7, 11) is 0. The predicted molar refractivity (Wildman–Crippen MR) is 125 cm³/mol. The van der Waals surface area contributed by atoms with Gasteiger partial charge in [-0.25, -0.2) is 0 Å². The average molecular weight is 475 g/mol. The van der Waals surface area contributed by atoms with E-state index in [0.717, 1.165) is 5.69 Å². The first-order valence-corrected chi connectivity index (χ1v) is 11.9. The third-order valence-electron chi connectivity index (χ3n) is 6.34. The predicted octanol–water partition coefficient (Wildman–Crippen LogP) is 3.02. The molecule has 4 rings (SSSR count). The summed E-state index contributed by atoms with van der Waals surface area (Å²) in [5.74, 6) is 0.583. The molecule has 9 heteroatoms. The molecule has 0 aliphatic carbocycles. The Labute approximate surface area is 199 Å². The smallest absolute Gasteiger partial charge is 0.257 e. The Bertz CT molecular complexity index is 989. The van der Waals surface area contributed by atoms with Gasteiger partial charge in [-0.1, -0.05) is 17.7 Å². The summed E-state index contributed by atoms with van der Waals surface area (Å²) >= 11 is 6.13. The number of likely N-dealkylation sites (tertiary alicyclic amines) is 1. The fraction of sp³-hybridized carbons (Fsp3) is 0.542. The van der Waals surface area contributed by atoms with E-state index in [9.17, 15) is 9.59 Å². The SMILES string of the molecule is CCn1cc(C(=O)N2CC[C@H](Oc3cccc(Cl)c3)[C@@H](CC(=O)N3CCOCC3)C2)c(C)n1. The standard InChI is InChI=1S/C24H31ClN4O4/c1-3-29-16-21(17(2)26-29)24(31)28-8-7-22(33-20-6-4-5-19(25)14-20)18(15-28)13-23(30)27-9-11-32-12-10-27/h4-6,14,16,18,22H,3,7-13,15H2,1-2H3/t18-,22-/m0/s1. The van der Waals surface area contributed by atoms with E-state index in [1.807, 2.05) is 35.8 Å². The molecule has 0 unspecified atom stereocenters. The monoisotopic (exact) mass is 474 g/mol. The molecule has 0 N–H and O–H groups in total. The summed E-state index contributed by atoms with van der Waals surface area (Å²) in [6, 6.07) is 7.29. The number of carbonyl (C=O) groups is 2. The Morgan fingerprint density at radius 3 is 2.70 bits per heavy atom. The third-order valence-corrected chi connectivity index (χ3v) is 6.57. The van der Waals surface area contributed by atoms with Crippen molar-refractivity contribution >= 4 is 23.4 Å². The average Bonchev–Trinajstić information content (AvgIpc) is 3.21. The maximum atomic E-state index is 13.3. The molecule has 2 fully saturated rings. The number of hydrogen-bond acceptors (Lipinski definition) is 5. The summed E-state index contributed by atoms with van der Waals surface area (Å²) in [5.41, 5.74) is 1.34. The minimum atomic E-state index is -0.183. The molecule has 0 saturated carbocycles. The Kier molecular flexibility index (Phi) is 7.55. The second-order valence-corrected chi connectivity index (χ2v) is 9.03. The first-order valence-electron chi connectivity index (χ1n) is 11.6. The van der Waals surface area contributed by atoms with Crippen LogP contribution in [0, 0.1) is 12.8 Å². The molecule has 0 bridgehead atoms. The first-order chi connectivity index (χ1) is 15.9. The lowest BCUT2D eigenvalue weighted by Gasteiger charge is -2.39. The van der Waals surface area contributed by atoms with Gasteiger partial charge in [-0.05, 0) is 32.0 Å². The zero-order valence-corrected chi connectivity index (χ0v) is 20.0. The second-order valence-electron chi connectivity index (χ2n) is 8.59. The molecule has 3 heterocycles. The quantitative estimate of drug-likeness (QED) is 0.643. The largest absolute Gasteiger partial charge is 0.490 e. The van der Waals surface area contributed by atoms with Crippen molar-refractivity contribution in [2.45, 2.75) is 39.3 Å². The van der Waals surface area contributed by atoms with E-state index in [-0.39, 0.29) is 23.8 Å². The van der Waals surface area contributed by atoms with Crippen molar-refractivity contribution in [2.75, 3.05) is 39.4 Å². The number of aryl methyl sites for hydroxylation is 2. The fourth-order valence-electron chi connectivity index (χ4n) is 4.49. The van der Waals surface area contributed by atoms with Crippen LogP contribution in [0.5, 0.6) is 5.75 Å². The highest BCUT2D eigenvalue weighted by Gasteiger charge is 2.36. The molecule has 1 aromatic carbocycles. The molecule has 2 aromatic rings. The Hall–Kier alpha value is -2.58. The molecule has 2 saturated heterocycles. The van der Waals surface area contributed by atoms with Gasteiger partial charge in [0.05, 0.1) is 24.5 Å². The highest BCUT2D eigenvalue weighted by atomic mass is 35.5. The van der Waals surface area contributed by atoms with Gasteiger partial charge in [-0.3, -0.25) is 14.3 Å². The van der Waals surface area contributed by atoms with Crippen molar-refractivity contribution in [2.24, 2.45) is 5.92 Å². The lowest BCUT2D eigenvalue weighted by Crippen LogP contribution is -2.50. The minimum absolute atomic E-state index is 0.0442. The number of rotatable bonds is 6. The first kappa shape index (κ1) is 23.6. The van der Waals surface area contributed by atoms with Gasteiger partial charge >= 0.3 is 0 Å². The van der Waals surface area contributed by atoms with Crippen molar-refractivity contribution in [3.05, 3.63) is 46.7 Å². The number of halogens is 1. The van der Waals surface area contributed by atoms with Gasteiger partial charge in [-0.2, -0.15) is 5.10 Å². The second kappa shape index (κ2) is 10.6. The minimum Gasteiger partial charge on any atom is -0.490 e. The number of carbonyl (C=O) groups excluding carboxylic acids is 2. The molecule has 2 amide bonds. The summed E-state index contributed by atoms with van der Waals surface area (Å²) in [4.78, 5) is 30.0. The normalized spacial score (nSPS) is 21.2. The van der Waals surface area contributed by atoms with Gasteiger partial charge < -0.3 is 19.3 Å². The number of hydrogen-bond donors (Lipinski definition) is 0. The van der Waals surface area contributed by atoms with Gasteiger partial charge in [-0.15, -0.1) is 0 Å². The topological polar surface area (TPSA) is 76.9 Å². The summed E-state index contributed by atoms with van der Waals surface area (Å²) in [6.45, 7) is 7.89. The van der Waals surface area contributed by atoms with E-state index < -0.39 is 0 Å². The number of benzene rings is 1. The lowest BCUT2D eigenvalue weighted by molar-refractivity contribution is -0.137. The van der Waals surface area contributed by atoms with Gasteiger partial charge in [0.25, 0.3) is 5.91 Å². The maximum Gasteiger partial charge on any atom is 0.257 e. The van der Waals surface area contributed by atoms with Crippen LogP contribution in [0.15, 0.2) is 30.5 Å². The van der Waals surface area contributed by atoms with E-state index >= 15 is 0 Å². The number of nitrogens with zero attached hydrogens (tertiary/aromatic N) is 4. The van der Waals surface area contributed by atoms with Gasteiger partial charge in [0, 0.05) is 62.7 Å². The van der Waals surface area contributed by atoms with E-state index in [2.05, 4.69) is 5.10 Å². The summed E-state index contributed by atoms with van der Waals surface area (Å²) in [5, 5.41) is 5.01. The molecule has 0 radical (unpaired) electrons. The molecule has 178 valence electrons. The molecule has 0 spiro atoms. The van der Waals surface area contributed by atoms with Crippen LogP contribution in [0.3, 0.4) is 0 Å². The fourth-order valence-corrected chi connectivity index (χ4v) is 4.67. The van der Waals surface area contributed by atoms with Crippen molar-refractivity contribution in [1.82, 2.24) is 19.6 Å². The molecule has 2 atom stereocenters. The van der Waals surface area contributed by atoms with Crippen LogP contribution < -0.4 is 4.74 Å². The van der Waals surface area contributed by atoms with Crippen LogP contribution >= 0.6 is 11.6 Å². The number of ether oxygens (including phenoxy) is 2. The number of piperidine rings is 1. The van der Waals surface area contributed by atoms with Gasteiger partial charge in [0.1, 0.15) is 11.9 Å². The zero-order chi connectivity index (χ0) is 23.4. The van der Waals surface area contributed by atoms with Crippen LogP contribution in [-0.2, 0) is 16.1 Å². The van der Waals surface area contributed by atoms with Gasteiger partial charge in [0.2, 0.25) is 5.91 Å². The molecule has 8 nitrogen and oxygen atoms in total. The van der Waals surface area contributed by atoms with Crippen molar-refractivity contribution in [3.63, 3.8) is 0 Å². The lowest BCUT2D eigenvalue weighted by atomic mass is 9.90. The van der Waals surface area contributed by atoms with Crippen molar-refractivity contribution < 1.29 is 19.1 Å². The zero-order valence-electron chi connectivity index (χ0n) is 19.2. The Morgan fingerprint density at radius 2 is 2.00 bits per heavy atom. The highest BCUT2D eigenvalue weighted by Crippen LogP contribution is 2.29. The molecule has 2 aliphatic rings. The maximum absolute atomic E-state index is 13.3. The number of amides is 2. The molecule has 33 heavy (non-hydrogen) atoms. The molecular weight excluding hydrogens is 444 g/mol. The Balaban J connectivity index is 1.50. The molecule has 2 aliphatic heterocycles. The molecular formula is C24H31ClN4O4. The van der Waals surface area contributed by atoms with E-state index in [4.69, 9.17) is 21.1 Å². The van der Waals surface area contributed by atoms with Crippen molar-refractivity contribution in [1.29, 1.82) is 0 Å². The van der Waals surface area contributed by atoms with Crippen LogP contribution in [0.2, 0.25) is 5.02 Å². The van der Waals surface area contributed by atoms with Crippen LogP contribution in [-0.4, -0.2) is 76.9 Å². The summed E-state index contributed by atoms with van der Waals surface area (Å²) in [6.07, 6.45) is 2.58. The van der Waals surface area contributed by atoms with Gasteiger partial charge in [0.15, 0.2) is 0 Å². The summed E-state index contributed by atoms with van der Waals surface area (Å²) < 4.78 is 13.4. The van der Waals surface area contributed by atoms with Crippen LogP contribution in [0.1, 0.15) is 35.8 Å². The van der Waals surface area contributed by atoms with Crippen molar-refractivity contribution in [3.8, 4) is 5.75 Å². The highest BCUT2D eigenvalue weighted by molar-refractivity contribution is 6.30. The third kappa shape index (κ3) is 5.68. The van der Waals surface area contributed by atoms with Crippen LogP contribution in [0.25, 0.3) is 0 Å². The molecule has 1 aromatic heterocycles. The number of aromatic nitrogens is 2. The van der Waals surface area contributed by atoms with E-state index in [1.165, 1.54) is 0 Å². The number of morpholine rings is 1. The Morgan fingerprint density at radius 1 is 1.21 bits per heavy atom.